The molecular formula is C22H27F2N3OS2. The van der Waals surface area contributed by atoms with E-state index in [1.807, 2.05) is 27.0 Å². The van der Waals surface area contributed by atoms with Gasteiger partial charge < -0.3 is 10.3 Å². The van der Waals surface area contributed by atoms with Crippen molar-refractivity contribution >= 4 is 38.0 Å². The van der Waals surface area contributed by atoms with Gasteiger partial charge in [0.25, 0.3) is 0 Å². The summed E-state index contributed by atoms with van der Waals surface area (Å²) in [5, 5.41) is 7.40. The third kappa shape index (κ3) is 4.17. The molecule has 0 radical (unpaired) electrons. The number of hydrogen-bond acceptors (Lipinski definition) is 4. The molecule has 4 nitrogen and oxygen atoms in total. The molecule has 0 aromatic carbocycles. The fraction of sp³-hybridized carbons (Fsp3) is 0.545. The summed E-state index contributed by atoms with van der Waals surface area (Å²) in [4.78, 5) is 20.9. The summed E-state index contributed by atoms with van der Waals surface area (Å²) in [7, 11) is 0. The van der Waals surface area contributed by atoms with E-state index in [0.29, 0.717) is 5.82 Å². The normalized spacial score (nSPS) is 18.6. The summed E-state index contributed by atoms with van der Waals surface area (Å²) in [6, 6.07) is -0.333. The Morgan fingerprint density at radius 1 is 1.23 bits per heavy atom. The van der Waals surface area contributed by atoms with E-state index in [0.717, 1.165) is 11.3 Å². The van der Waals surface area contributed by atoms with Gasteiger partial charge in [-0.2, -0.15) is 0 Å². The zero-order valence-corrected chi connectivity index (χ0v) is 19.3. The van der Waals surface area contributed by atoms with Crippen molar-refractivity contribution in [3.63, 3.8) is 0 Å². The van der Waals surface area contributed by atoms with Crippen LogP contribution in [0.25, 0.3) is 20.7 Å². The Balaban J connectivity index is 1.56. The van der Waals surface area contributed by atoms with E-state index in [-0.39, 0.29) is 49.0 Å². The van der Waals surface area contributed by atoms with E-state index in [1.54, 1.807) is 22.7 Å². The number of carbonyl (C=O) groups is 1. The van der Waals surface area contributed by atoms with E-state index in [2.05, 4.69) is 33.0 Å². The lowest BCUT2D eigenvalue weighted by Crippen LogP contribution is -2.42. The van der Waals surface area contributed by atoms with Crippen LogP contribution in [0.4, 0.5) is 8.78 Å². The largest absolute Gasteiger partial charge is 0.345 e. The Hall–Kier alpha value is -1.80. The van der Waals surface area contributed by atoms with Crippen LogP contribution >= 0.6 is 22.7 Å². The first kappa shape index (κ1) is 21.4. The average molecular weight is 452 g/mol. The van der Waals surface area contributed by atoms with Gasteiger partial charge >= 0.3 is 0 Å². The predicted octanol–water partition coefficient (Wildman–Crippen LogP) is 6.69. The number of thiophene rings is 2. The molecule has 1 amide bonds. The highest BCUT2D eigenvalue weighted by molar-refractivity contribution is 7.27. The monoisotopic (exact) mass is 451 g/mol. The highest BCUT2D eigenvalue weighted by Crippen LogP contribution is 2.41. The smallest absolute Gasteiger partial charge is 0.248 e. The van der Waals surface area contributed by atoms with Gasteiger partial charge in [-0.1, -0.05) is 20.8 Å². The number of fused-ring (bicyclic) bond motifs is 1. The summed E-state index contributed by atoms with van der Waals surface area (Å²) in [5.74, 6) is -2.47. The highest BCUT2D eigenvalue weighted by Gasteiger charge is 2.39. The first-order chi connectivity index (χ1) is 14.0. The molecule has 0 aliphatic heterocycles. The van der Waals surface area contributed by atoms with Crippen LogP contribution in [0.5, 0.6) is 0 Å². The molecule has 4 rings (SSSR count). The maximum absolute atomic E-state index is 13.5. The minimum absolute atomic E-state index is 0.157. The second-order valence-corrected chi connectivity index (χ2v) is 11.1. The van der Waals surface area contributed by atoms with Crippen LogP contribution in [-0.2, 0) is 4.79 Å². The molecule has 1 aliphatic rings. The third-order valence-electron chi connectivity index (χ3n) is 5.86. The first-order valence-corrected chi connectivity index (χ1v) is 12.0. The molecule has 30 heavy (non-hydrogen) atoms. The second-order valence-electron chi connectivity index (χ2n) is 9.35. The van der Waals surface area contributed by atoms with E-state index in [9.17, 15) is 13.6 Å². The number of H-pyrrole nitrogens is 1. The molecule has 1 fully saturated rings. The van der Waals surface area contributed by atoms with E-state index >= 15 is 0 Å². The fourth-order valence-corrected chi connectivity index (χ4v) is 6.36. The van der Waals surface area contributed by atoms with Crippen molar-refractivity contribution in [3.05, 3.63) is 28.3 Å². The zero-order valence-electron chi connectivity index (χ0n) is 17.6. The molecule has 0 saturated heterocycles. The summed E-state index contributed by atoms with van der Waals surface area (Å²) >= 11 is 3.45. The van der Waals surface area contributed by atoms with Gasteiger partial charge in [-0.05, 0) is 36.1 Å². The molecule has 1 aliphatic carbocycles. The SMILES string of the molecule is Cc1csc2c(-c3cnc([C@@H](NC(=O)C4CCC(F)(F)CC4)C(C)(C)C)[nH]3)csc12. The molecule has 3 aromatic heterocycles. The number of aromatic nitrogens is 2. The van der Waals surface area contributed by atoms with Crippen molar-refractivity contribution in [1.82, 2.24) is 15.3 Å². The van der Waals surface area contributed by atoms with Crippen LogP contribution in [0.2, 0.25) is 0 Å². The van der Waals surface area contributed by atoms with Gasteiger partial charge in [-0.3, -0.25) is 4.79 Å². The molecule has 1 atom stereocenters. The number of nitrogens with zero attached hydrogens (tertiary/aromatic N) is 1. The number of halogens is 2. The number of carbonyl (C=O) groups excluding carboxylic acids is 1. The molecule has 0 unspecified atom stereocenters. The van der Waals surface area contributed by atoms with E-state index < -0.39 is 5.92 Å². The van der Waals surface area contributed by atoms with Crippen molar-refractivity contribution in [2.45, 2.75) is 65.3 Å². The number of alkyl halides is 2. The molecule has 1 saturated carbocycles. The number of nitrogens with one attached hydrogen (secondary N) is 2. The van der Waals surface area contributed by atoms with Gasteiger partial charge in [0.1, 0.15) is 5.82 Å². The van der Waals surface area contributed by atoms with Crippen LogP contribution in [0.1, 0.15) is 63.9 Å². The van der Waals surface area contributed by atoms with E-state index in [4.69, 9.17) is 0 Å². The highest BCUT2D eigenvalue weighted by atomic mass is 32.1. The number of hydrogen-bond donors (Lipinski definition) is 2. The quantitative estimate of drug-likeness (QED) is 0.464. The van der Waals surface area contributed by atoms with Gasteiger partial charge in [-0.25, -0.2) is 13.8 Å². The molecule has 162 valence electrons. The maximum Gasteiger partial charge on any atom is 0.248 e. The van der Waals surface area contributed by atoms with Crippen LogP contribution in [0, 0.1) is 18.3 Å². The lowest BCUT2D eigenvalue weighted by Gasteiger charge is -2.33. The molecular weight excluding hydrogens is 424 g/mol. The topological polar surface area (TPSA) is 57.8 Å². The third-order valence-corrected chi connectivity index (χ3v) is 8.23. The minimum atomic E-state index is -2.64. The van der Waals surface area contributed by atoms with Crippen molar-refractivity contribution < 1.29 is 13.6 Å². The first-order valence-electron chi connectivity index (χ1n) is 10.2. The van der Waals surface area contributed by atoms with Crippen molar-refractivity contribution in [1.29, 1.82) is 0 Å². The average Bonchev–Trinajstić information content (AvgIpc) is 3.36. The number of aromatic amines is 1. The van der Waals surface area contributed by atoms with Crippen LogP contribution in [0.15, 0.2) is 17.0 Å². The van der Waals surface area contributed by atoms with Crippen molar-refractivity contribution in [2.24, 2.45) is 11.3 Å². The number of rotatable bonds is 4. The van der Waals surface area contributed by atoms with Crippen molar-refractivity contribution in [3.8, 4) is 11.3 Å². The number of imidazole rings is 1. The molecule has 0 spiro atoms. The van der Waals surface area contributed by atoms with Gasteiger partial charge in [-0.15, -0.1) is 22.7 Å². The molecule has 2 N–H and O–H groups in total. The molecule has 3 aromatic rings. The molecule has 8 heteroatoms. The van der Waals surface area contributed by atoms with E-state index in [1.165, 1.54) is 15.0 Å². The van der Waals surface area contributed by atoms with Gasteiger partial charge in [0.2, 0.25) is 11.8 Å². The van der Waals surface area contributed by atoms with Crippen LogP contribution in [0.3, 0.4) is 0 Å². The summed E-state index contributed by atoms with van der Waals surface area (Å²) < 4.78 is 29.5. The predicted molar refractivity (Wildman–Crippen MR) is 119 cm³/mol. The fourth-order valence-electron chi connectivity index (χ4n) is 4.00. The number of aryl methyl sites for hydroxylation is 1. The molecule has 0 bridgehead atoms. The molecule has 3 heterocycles. The van der Waals surface area contributed by atoms with Gasteiger partial charge in [0, 0.05) is 34.4 Å². The maximum atomic E-state index is 13.5. The van der Waals surface area contributed by atoms with Crippen LogP contribution < -0.4 is 5.32 Å². The Labute approximate surface area is 183 Å². The standard InChI is InChI=1S/C22H27F2N3OS2/c1-12-10-29-17-14(11-30-16(12)17)15-9-25-19(26-15)18(21(2,3)4)27-20(28)13-5-7-22(23,24)8-6-13/h9-11,13,18H,5-8H2,1-4H3,(H,25,26)(H,27,28)/t18-/m1/s1. The Morgan fingerprint density at radius 3 is 2.57 bits per heavy atom. The Kier molecular flexibility index (Phi) is 5.51. The summed E-state index contributed by atoms with van der Waals surface area (Å²) in [6.07, 6.45) is 1.83. The van der Waals surface area contributed by atoms with Gasteiger partial charge in [0.05, 0.1) is 22.6 Å². The number of amides is 1. The second kappa shape index (κ2) is 7.71. The van der Waals surface area contributed by atoms with Crippen LogP contribution in [-0.4, -0.2) is 21.8 Å². The van der Waals surface area contributed by atoms with Crippen molar-refractivity contribution in [2.75, 3.05) is 0 Å². The lowest BCUT2D eigenvalue weighted by molar-refractivity contribution is -0.130. The Bertz CT molecular complexity index is 1050. The zero-order chi connectivity index (χ0) is 21.7. The van der Waals surface area contributed by atoms with Gasteiger partial charge in [0.15, 0.2) is 0 Å². The summed E-state index contributed by atoms with van der Waals surface area (Å²) in [6.45, 7) is 8.24. The lowest BCUT2D eigenvalue weighted by atomic mass is 9.83. The summed E-state index contributed by atoms with van der Waals surface area (Å²) in [5.41, 5.74) is 3.05. The Morgan fingerprint density at radius 2 is 1.90 bits per heavy atom. The minimum Gasteiger partial charge on any atom is -0.345 e.